The highest BCUT2D eigenvalue weighted by Crippen LogP contribution is 2.23. The molecule has 1 aromatic carbocycles. The number of imidazole rings is 1. The zero-order chi connectivity index (χ0) is 14.2. The van der Waals surface area contributed by atoms with Crippen molar-refractivity contribution in [2.45, 2.75) is 26.8 Å². The second kappa shape index (κ2) is 4.91. The lowest BCUT2D eigenvalue weighted by Gasteiger charge is -2.22. The number of anilines is 1. The van der Waals surface area contributed by atoms with Gasteiger partial charge in [-0.1, -0.05) is 0 Å². The molecule has 0 aliphatic rings. The molecule has 102 valence electrons. The van der Waals surface area contributed by atoms with Gasteiger partial charge in [0, 0.05) is 19.3 Å². The Hall–Kier alpha value is -2.04. The van der Waals surface area contributed by atoms with Crippen LogP contribution in [0.25, 0.3) is 11.0 Å². The standard InChI is InChI=1S/C14H20N4O/c1-5-17(4)14(19)9(2)18-10(3)16-12-8-11(15)6-7-13(12)18/h6-9H,5,15H2,1-4H3. The highest BCUT2D eigenvalue weighted by molar-refractivity contribution is 5.85. The number of rotatable bonds is 3. The Labute approximate surface area is 113 Å². The highest BCUT2D eigenvalue weighted by atomic mass is 16.2. The SMILES string of the molecule is CCN(C)C(=O)C(C)n1c(C)nc2cc(N)ccc21. The minimum Gasteiger partial charge on any atom is -0.399 e. The van der Waals surface area contributed by atoms with Crippen molar-refractivity contribution in [3.8, 4) is 0 Å². The molecule has 0 radical (unpaired) electrons. The third kappa shape index (κ3) is 2.28. The predicted molar refractivity (Wildman–Crippen MR) is 76.9 cm³/mol. The summed E-state index contributed by atoms with van der Waals surface area (Å²) in [6, 6.07) is 5.32. The number of nitrogens with zero attached hydrogens (tertiary/aromatic N) is 3. The Morgan fingerprint density at radius 3 is 2.84 bits per heavy atom. The van der Waals surface area contributed by atoms with Gasteiger partial charge in [-0.15, -0.1) is 0 Å². The van der Waals surface area contributed by atoms with E-state index in [0.29, 0.717) is 12.2 Å². The normalized spacial score (nSPS) is 12.6. The van der Waals surface area contributed by atoms with E-state index >= 15 is 0 Å². The first kappa shape index (κ1) is 13.4. The van der Waals surface area contributed by atoms with Crippen LogP contribution < -0.4 is 5.73 Å². The fourth-order valence-corrected chi connectivity index (χ4v) is 2.31. The maximum Gasteiger partial charge on any atom is 0.245 e. The molecule has 5 nitrogen and oxygen atoms in total. The van der Waals surface area contributed by atoms with Gasteiger partial charge in [0.2, 0.25) is 5.91 Å². The van der Waals surface area contributed by atoms with E-state index in [1.807, 2.05) is 50.6 Å². The first-order chi connectivity index (χ1) is 8.95. The van der Waals surface area contributed by atoms with E-state index in [9.17, 15) is 4.79 Å². The van der Waals surface area contributed by atoms with E-state index in [0.717, 1.165) is 16.9 Å². The van der Waals surface area contributed by atoms with Gasteiger partial charge in [-0.2, -0.15) is 0 Å². The first-order valence-electron chi connectivity index (χ1n) is 6.44. The number of benzene rings is 1. The molecule has 1 atom stereocenters. The molecule has 0 saturated heterocycles. The monoisotopic (exact) mass is 260 g/mol. The lowest BCUT2D eigenvalue weighted by molar-refractivity contribution is -0.132. The van der Waals surface area contributed by atoms with Gasteiger partial charge < -0.3 is 15.2 Å². The molecule has 1 heterocycles. The molecule has 2 aromatic rings. The van der Waals surface area contributed by atoms with Crippen molar-refractivity contribution in [3.63, 3.8) is 0 Å². The molecule has 1 unspecified atom stereocenters. The van der Waals surface area contributed by atoms with Crippen LogP contribution in [-0.4, -0.2) is 34.0 Å². The number of carbonyl (C=O) groups is 1. The van der Waals surface area contributed by atoms with Crippen LogP contribution in [0.1, 0.15) is 25.7 Å². The number of carbonyl (C=O) groups excluding carboxylic acids is 1. The number of nitrogen functional groups attached to an aromatic ring is 1. The van der Waals surface area contributed by atoms with Crippen molar-refractivity contribution in [3.05, 3.63) is 24.0 Å². The lowest BCUT2D eigenvalue weighted by atomic mass is 10.2. The number of fused-ring (bicyclic) bond motifs is 1. The predicted octanol–water partition coefficient (Wildman–Crippen LogP) is 1.97. The maximum absolute atomic E-state index is 12.3. The van der Waals surface area contributed by atoms with Crippen molar-refractivity contribution in [2.75, 3.05) is 19.3 Å². The summed E-state index contributed by atoms with van der Waals surface area (Å²) in [5.74, 6) is 0.910. The Kier molecular flexibility index (Phi) is 3.46. The lowest BCUT2D eigenvalue weighted by Crippen LogP contribution is -2.33. The van der Waals surface area contributed by atoms with E-state index in [1.165, 1.54) is 0 Å². The summed E-state index contributed by atoms with van der Waals surface area (Å²) in [6.07, 6.45) is 0. The number of aromatic nitrogens is 2. The zero-order valence-electron chi connectivity index (χ0n) is 11.8. The molecule has 5 heteroatoms. The number of hydrogen-bond acceptors (Lipinski definition) is 3. The summed E-state index contributed by atoms with van der Waals surface area (Å²) < 4.78 is 1.96. The Morgan fingerprint density at radius 1 is 1.53 bits per heavy atom. The topological polar surface area (TPSA) is 64.2 Å². The molecule has 0 aliphatic carbocycles. The van der Waals surface area contributed by atoms with Gasteiger partial charge >= 0.3 is 0 Å². The molecule has 0 saturated carbocycles. The van der Waals surface area contributed by atoms with Gasteiger partial charge in [-0.25, -0.2) is 4.98 Å². The molecule has 1 aromatic heterocycles. The molecule has 0 bridgehead atoms. The largest absolute Gasteiger partial charge is 0.399 e. The number of nitrogens with two attached hydrogens (primary N) is 1. The van der Waals surface area contributed by atoms with Crippen LogP contribution in [0.4, 0.5) is 5.69 Å². The van der Waals surface area contributed by atoms with Crippen LogP contribution in [-0.2, 0) is 4.79 Å². The molecule has 0 aliphatic heterocycles. The average Bonchev–Trinajstić information content (AvgIpc) is 2.71. The quantitative estimate of drug-likeness (QED) is 0.858. The van der Waals surface area contributed by atoms with Crippen molar-refractivity contribution in [2.24, 2.45) is 0 Å². The van der Waals surface area contributed by atoms with Crippen LogP contribution >= 0.6 is 0 Å². The van der Waals surface area contributed by atoms with E-state index in [1.54, 1.807) is 4.90 Å². The van der Waals surface area contributed by atoms with E-state index in [-0.39, 0.29) is 11.9 Å². The fraction of sp³-hybridized carbons (Fsp3) is 0.429. The number of likely N-dealkylation sites (N-methyl/N-ethyl adjacent to an activating group) is 1. The smallest absolute Gasteiger partial charge is 0.245 e. The minimum atomic E-state index is -0.265. The van der Waals surface area contributed by atoms with Crippen LogP contribution in [0.15, 0.2) is 18.2 Å². The molecule has 0 fully saturated rings. The third-order valence-electron chi connectivity index (χ3n) is 3.49. The van der Waals surface area contributed by atoms with Gasteiger partial charge in [0.05, 0.1) is 11.0 Å². The molecule has 0 spiro atoms. The minimum absolute atomic E-state index is 0.0849. The Morgan fingerprint density at radius 2 is 2.21 bits per heavy atom. The maximum atomic E-state index is 12.3. The summed E-state index contributed by atoms with van der Waals surface area (Å²) in [6.45, 7) is 6.47. The Bertz CT molecular complexity index is 617. The van der Waals surface area contributed by atoms with Crippen molar-refractivity contribution < 1.29 is 4.79 Å². The van der Waals surface area contributed by atoms with Gasteiger partial charge in [0.15, 0.2) is 0 Å². The zero-order valence-corrected chi connectivity index (χ0v) is 11.8. The molecular weight excluding hydrogens is 240 g/mol. The summed E-state index contributed by atoms with van der Waals surface area (Å²) in [7, 11) is 1.81. The third-order valence-corrected chi connectivity index (χ3v) is 3.49. The van der Waals surface area contributed by atoms with Crippen LogP contribution in [0.2, 0.25) is 0 Å². The van der Waals surface area contributed by atoms with E-state index in [2.05, 4.69) is 4.98 Å². The first-order valence-corrected chi connectivity index (χ1v) is 6.44. The molecule has 2 rings (SSSR count). The summed E-state index contributed by atoms with van der Waals surface area (Å²) in [5.41, 5.74) is 8.22. The number of amides is 1. The summed E-state index contributed by atoms with van der Waals surface area (Å²) in [5, 5.41) is 0. The van der Waals surface area contributed by atoms with E-state index < -0.39 is 0 Å². The summed E-state index contributed by atoms with van der Waals surface area (Å²) >= 11 is 0. The van der Waals surface area contributed by atoms with Gasteiger partial charge in [0.25, 0.3) is 0 Å². The molecule has 2 N–H and O–H groups in total. The number of hydrogen-bond donors (Lipinski definition) is 1. The second-order valence-corrected chi connectivity index (χ2v) is 4.81. The van der Waals surface area contributed by atoms with Gasteiger partial charge in [-0.05, 0) is 39.0 Å². The molecule has 19 heavy (non-hydrogen) atoms. The summed E-state index contributed by atoms with van der Waals surface area (Å²) in [4.78, 5) is 18.5. The van der Waals surface area contributed by atoms with Crippen LogP contribution in [0, 0.1) is 6.92 Å². The second-order valence-electron chi connectivity index (χ2n) is 4.81. The fourth-order valence-electron chi connectivity index (χ4n) is 2.31. The van der Waals surface area contributed by atoms with Crippen LogP contribution in [0.3, 0.4) is 0 Å². The van der Waals surface area contributed by atoms with Crippen molar-refractivity contribution in [1.29, 1.82) is 0 Å². The van der Waals surface area contributed by atoms with Gasteiger partial charge in [0.1, 0.15) is 11.9 Å². The highest BCUT2D eigenvalue weighted by Gasteiger charge is 2.21. The Balaban J connectivity index is 2.50. The van der Waals surface area contributed by atoms with E-state index in [4.69, 9.17) is 5.73 Å². The molecule has 1 amide bonds. The molecular formula is C14H20N4O. The van der Waals surface area contributed by atoms with Crippen molar-refractivity contribution >= 4 is 22.6 Å². The van der Waals surface area contributed by atoms with Crippen LogP contribution in [0.5, 0.6) is 0 Å². The number of aryl methyl sites for hydroxylation is 1. The average molecular weight is 260 g/mol. The van der Waals surface area contributed by atoms with Gasteiger partial charge in [-0.3, -0.25) is 4.79 Å². The van der Waals surface area contributed by atoms with Crippen molar-refractivity contribution in [1.82, 2.24) is 14.5 Å².